The van der Waals surface area contributed by atoms with E-state index < -0.39 is 0 Å². The molecule has 2 N–H and O–H groups in total. The molecule has 1 saturated heterocycles. The van der Waals surface area contributed by atoms with Crippen LogP contribution in [0.1, 0.15) is 44.0 Å². The van der Waals surface area contributed by atoms with Crippen LogP contribution in [0.15, 0.2) is 24.3 Å². The molecule has 0 aromatic heterocycles. The van der Waals surface area contributed by atoms with E-state index >= 15 is 0 Å². The molecule has 1 aromatic carbocycles. The fourth-order valence-electron chi connectivity index (χ4n) is 2.51. The Labute approximate surface area is 137 Å². The second-order valence-electron chi connectivity index (χ2n) is 6.62. The van der Waals surface area contributed by atoms with Gasteiger partial charge in [0.1, 0.15) is 0 Å². The Kier molecular flexibility index (Phi) is 5.77. The summed E-state index contributed by atoms with van der Waals surface area (Å²) in [5, 5.41) is 12.4. The molecule has 2 amide bonds. The van der Waals surface area contributed by atoms with Gasteiger partial charge in [0, 0.05) is 30.3 Å². The lowest BCUT2D eigenvalue weighted by Gasteiger charge is -2.29. The Bertz CT molecular complexity index is 546. The number of hydrogen-bond acceptors (Lipinski definition) is 3. The number of rotatable bonds is 4. The third-order valence-corrected chi connectivity index (χ3v) is 4.56. The molecule has 1 heterocycles. The van der Waals surface area contributed by atoms with Gasteiger partial charge in [0.25, 0.3) is 5.91 Å². The summed E-state index contributed by atoms with van der Waals surface area (Å²) < 4.78 is 0. The molecule has 1 unspecified atom stereocenters. The van der Waals surface area contributed by atoms with E-state index in [0.717, 1.165) is 0 Å². The van der Waals surface area contributed by atoms with E-state index in [1.54, 1.807) is 29.2 Å². The van der Waals surface area contributed by atoms with Gasteiger partial charge in [-0.15, -0.1) is 0 Å². The fraction of sp³-hybridized carbons (Fsp3) is 0.556. The van der Waals surface area contributed by atoms with Gasteiger partial charge in [-0.05, 0) is 43.0 Å². The third kappa shape index (κ3) is 4.55. The number of aliphatic hydroxyl groups excluding tert-OH is 1. The highest BCUT2D eigenvalue weighted by atomic mass is 16.3. The van der Waals surface area contributed by atoms with Crippen molar-refractivity contribution in [3.05, 3.63) is 29.8 Å². The predicted molar refractivity (Wildman–Crippen MR) is 90.2 cm³/mol. The zero-order chi connectivity index (χ0) is 17.0. The van der Waals surface area contributed by atoms with Crippen molar-refractivity contribution in [1.82, 2.24) is 4.90 Å². The van der Waals surface area contributed by atoms with Crippen molar-refractivity contribution in [3.8, 4) is 0 Å². The maximum Gasteiger partial charge on any atom is 0.253 e. The van der Waals surface area contributed by atoms with Crippen LogP contribution >= 0.6 is 0 Å². The molecule has 1 aliphatic heterocycles. The molecule has 1 fully saturated rings. The first-order valence-electron chi connectivity index (χ1n) is 8.26. The number of carbonyl (C=O) groups is 2. The summed E-state index contributed by atoms with van der Waals surface area (Å²) >= 11 is 0. The van der Waals surface area contributed by atoms with Gasteiger partial charge in [0.15, 0.2) is 0 Å². The Hall–Kier alpha value is -1.88. The molecule has 0 bridgehead atoms. The Morgan fingerprint density at radius 3 is 2.22 bits per heavy atom. The molecule has 2 rings (SSSR count). The SMILES string of the molecule is CC(C)C(C)C(=O)Nc1ccc(C(=O)N2CCC(O)CC2)cc1. The molecule has 1 aliphatic rings. The number of benzene rings is 1. The zero-order valence-corrected chi connectivity index (χ0v) is 14.1. The normalized spacial score (nSPS) is 17.2. The van der Waals surface area contributed by atoms with E-state index in [1.165, 1.54) is 0 Å². The number of likely N-dealkylation sites (tertiary alicyclic amines) is 1. The Morgan fingerprint density at radius 2 is 1.70 bits per heavy atom. The first-order chi connectivity index (χ1) is 10.9. The molecule has 0 radical (unpaired) electrons. The van der Waals surface area contributed by atoms with E-state index in [9.17, 15) is 14.7 Å². The average Bonchev–Trinajstić information content (AvgIpc) is 2.54. The zero-order valence-electron chi connectivity index (χ0n) is 14.1. The molecule has 1 atom stereocenters. The van der Waals surface area contributed by atoms with Gasteiger partial charge in [-0.2, -0.15) is 0 Å². The van der Waals surface area contributed by atoms with Crippen LogP contribution in [0, 0.1) is 11.8 Å². The van der Waals surface area contributed by atoms with E-state index in [2.05, 4.69) is 5.32 Å². The molecular formula is C18H26N2O3. The van der Waals surface area contributed by atoms with Crippen LogP contribution in [0.3, 0.4) is 0 Å². The van der Waals surface area contributed by atoms with Crippen LogP contribution in [0.2, 0.25) is 0 Å². The number of nitrogens with zero attached hydrogens (tertiary/aromatic N) is 1. The lowest BCUT2D eigenvalue weighted by molar-refractivity contribution is -0.120. The number of piperidine rings is 1. The smallest absolute Gasteiger partial charge is 0.253 e. The van der Waals surface area contributed by atoms with Gasteiger partial charge in [-0.1, -0.05) is 20.8 Å². The van der Waals surface area contributed by atoms with Crippen molar-refractivity contribution in [3.63, 3.8) is 0 Å². The van der Waals surface area contributed by atoms with Crippen molar-refractivity contribution < 1.29 is 14.7 Å². The van der Waals surface area contributed by atoms with Gasteiger partial charge in [-0.3, -0.25) is 9.59 Å². The van der Waals surface area contributed by atoms with Crippen molar-refractivity contribution >= 4 is 17.5 Å². The number of hydrogen-bond donors (Lipinski definition) is 2. The molecule has 5 heteroatoms. The molecule has 5 nitrogen and oxygen atoms in total. The minimum Gasteiger partial charge on any atom is -0.393 e. The first-order valence-corrected chi connectivity index (χ1v) is 8.26. The highest BCUT2D eigenvalue weighted by Crippen LogP contribution is 2.17. The molecule has 0 aliphatic carbocycles. The van der Waals surface area contributed by atoms with Crippen LogP contribution in [-0.4, -0.2) is 41.0 Å². The molecule has 23 heavy (non-hydrogen) atoms. The van der Waals surface area contributed by atoms with Gasteiger partial charge in [-0.25, -0.2) is 0 Å². The number of aliphatic hydroxyl groups is 1. The largest absolute Gasteiger partial charge is 0.393 e. The summed E-state index contributed by atoms with van der Waals surface area (Å²) in [6.07, 6.45) is 0.972. The minimum atomic E-state index is -0.292. The van der Waals surface area contributed by atoms with Crippen LogP contribution in [0.25, 0.3) is 0 Å². The molecule has 1 aromatic rings. The summed E-state index contributed by atoms with van der Waals surface area (Å²) in [7, 11) is 0. The summed E-state index contributed by atoms with van der Waals surface area (Å²) in [6, 6.07) is 7.00. The van der Waals surface area contributed by atoms with Crippen LogP contribution in [0.5, 0.6) is 0 Å². The third-order valence-electron chi connectivity index (χ3n) is 4.56. The quantitative estimate of drug-likeness (QED) is 0.896. The summed E-state index contributed by atoms with van der Waals surface area (Å²) in [5.41, 5.74) is 1.31. The lowest BCUT2D eigenvalue weighted by Crippen LogP contribution is -2.40. The van der Waals surface area contributed by atoms with Gasteiger partial charge < -0.3 is 15.3 Å². The van der Waals surface area contributed by atoms with Crippen molar-refractivity contribution in [2.45, 2.75) is 39.7 Å². The highest BCUT2D eigenvalue weighted by molar-refractivity contribution is 5.96. The molecule has 0 saturated carbocycles. The topological polar surface area (TPSA) is 69.6 Å². The van der Waals surface area contributed by atoms with Crippen molar-refractivity contribution in [2.24, 2.45) is 11.8 Å². The van der Waals surface area contributed by atoms with Crippen LogP contribution in [-0.2, 0) is 4.79 Å². The number of anilines is 1. The number of amides is 2. The summed E-state index contributed by atoms with van der Waals surface area (Å²) in [5.74, 6) is 0.191. The predicted octanol–water partition coefficient (Wildman–Crippen LogP) is 2.51. The number of carbonyl (C=O) groups excluding carboxylic acids is 2. The number of nitrogens with one attached hydrogen (secondary N) is 1. The van der Waals surface area contributed by atoms with E-state index in [4.69, 9.17) is 0 Å². The molecular weight excluding hydrogens is 292 g/mol. The van der Waals surface area contributed by atoms with Crippen LogP contribution < -0.4 is 5.32 Å². The maximum absolute atomic E-state index is 12.4. The fourth-order valence-corrected chi connectivity index (χ4v) is 2.51. The summed E-state index contributed by atoms with van der Waals surface area (Å²) in [6.45, 7) is 7.11. The summed E-state index contributed by atoms with van der Waals surface area (Å²) in [4.78, 5) is 26.2. The maximum atomic E-state index is 12.4. The highest BCUT2D eigenvalue weighted by Gasteiger charge is 2.22. The Morgan fingerprint density at radius 1 is 1.13 bits per heavy atom. The van der Waals surface area contributed by atoms with E-state index in [0.29, 0.717) is 37.2 Å². The Balaban J connectivity index is 1.96. The standard InChI is InChI=1S/C18H26N2O3/c1-12(2)13(3)17(22)19-15-6-4-14(5-7-15)18(23)20-10-8-16(21)9-11-20/h4-7,12-13,16,21H,8-11H2,1-3H3,(H,19,22). The minimum absolute atomic E-state index is 0.0101. The first kappa shape index (κ1) is 17.5. The monoisotopic (exact) mass is 318 g/mol. The molecule has 126 valence electrons. The average molecular weight is 318 g/mol. The van der Waals surface area contributed by atoms with Gasteiger partial charge in [0.2, 0.25) is 5.91 Å². The molecule has 0 spiro atoms. The van der Waals surface area contributed by atoms with Crippen molar-refractivity contribution in [2.75, 3.05) is 18.4 Å². The van der Waals surface area contributed by atoms with E-state index in [1.807, 2.05) is 20.8 Å². The van der Waals surface area contributed by atoms with E-state index in [-0.39, 0.29) is 29.8 Å². The van der Waals surface area contributed by atoms with Gasteiger partial charge in [0.05, 0.1) is 6.10 Å². The van der Waals surface area contributed by atoms with Crippen LogP contribution in [0.4, 0.5) is 5.69 Å². The second-order valence-corrected chi connectivity index (χ2v) is 6.62. The van der Waals surface area contributed by atoms with Gasteiger partial charge >= 0.3 is 0 Å². The lowest BCUT2D eigenvalue weighted by atomic mass is 9.97. The second kappa shape index (κ2) is 7.59. The van der Waals surface area contributed by atoms with Crippen molar-refractivity contribution in [1.29, 1.82) is 0 Å².